The topological polar surface area (TPSA) is 87.2 Å². The minimum absolute atomic E-state index is 0.120. The first-order chi connectivity index (χ1) is 10.8. The minimum atomic E-state index is -0.416. The van der Waals surface area contributed by atoms with Gasteiger partial charge in [-0.2, -0.15) is 5.10 Å². The summed E-state index contributed by atoms with van der Waals surface area (Å²) in [5, 5.41) is 20.0. The van der Waals surface area contributed by atoms with Crippen LogP contribution in [0.2, 0.25) is 0 Å². The van der Waals surface area contributed by atoms with Gasteiger partial charge in [0.05, 0.1) is 5.56 Å². The van der Waals surface area contributed by atoms with Crippen LogP contribution in [0.3, 0.4) is 0 Å². The molecule has 1 aromatic heterocycles. The molecule has 1 aromatic carbocycles. The highest BCUT2D eigenvalue weighted by Crippen LogP contribution is 2.43. The first kappa shape index (κ1) is 15.4. The van der Waals surface area contributed by atoms with E-state index < -0.39 is 5.91 Å². The molecule has 3 N–H and O–H groups in total. The van der Waals surface area contributed by atoms with Gasteiger partial charge in [-0.25, -0.2) is 0 Å². The Labute approximate surface area is 134 Å². The number of hydrogen-bond acceptors (Lipinski definition) is 4. The molecule has 2 heterocycles. The summed E-state index contributed by atoms with van der Waals surface area (Å²) in [5.41, 5.74) is 1.65. The number of phenolic OH excluding ortho intramolecular Hbond substituents is 1. The lowest BCUT2D eigenvalue weighted by Gasteiger charge is -2.17. The van der Waals surface area contributed by atoms with Gasteiger partial charge < -0.3 is 15.2 Å². The highest BCUT2D eigenvalue weighted by molar-refractivity contribution is 6.06. The standard InChI is InChI=1S/C17H21N3O3/c1-9(2)12-7-13(20-19-12)18-16(22)11-6-5-10-8-17(3,4)23-15(10)14(11)21/h5-7,9,21H,8H2,1-4H3,(H2,18,19,20,22). The average molecular weight is 315 g/mol. The van der Waals surface area contributed by atoms with Crippen molar-refractivity contribution >= 4 is 11.7 Å². The SMILES string of the molecule is CC(C)c1cc(NC(=O)c2ccc3c(c2O)OC(C)(C)C3)n[nH]1. The van der Waals surface area contributed by atoms with Crippen LogP contribution in [0.15, 0.2) is 18.2 Å². The Morgan fingerprint density at radius 1 is 1.43 bits per heavy atom. The van der Waals surface area contributed by atoms with E-state index in [1.165, 1.54) is 0 Å². The van der Waals surface area contributed by atoms with Crippen molar-refractivity contribution in [3.05, 3.63) is 35.0 Å². The van der Waals surface area contributed by atoms with Crippen molar-refractivity contribution in [2.75, 3.05) is 5.32 Å². The smallest absolute Gasteiger partial charge is 0.260 e. The van der Waals surface area contributed by atoms with E-state index in [4.69, 9.17) is 4.74 Å². The number of H-pyrrole nitrogens is 1. The Balaban J connectivity index is 1.83. The molecular weight excluding hydrogens is 294 g/mol. The van der Waals surface area contributed by atoms with Crippen molar-refractivity contribution in [3.8, 4) is 11.5 Å². The largest absolute Gasteiger partial charge is 0.504 e. The third kappa shape index (κ3) is 2.88. The molecule has 0 bridgehead atoms. The number of aromatic amines is 1. The molecule has 1 aliphatic rings. The van der Waals surface area contributed by atoms with Crippen LogP contribution in [-0.2, 0) is 6.42 Å². The van der Waals surface area contributed by atoms with E-state index in [-0.39, 0.29) is 22.8 Å². The summed E-state index contributed by atoms with van der Waals surface area (Å²) >= 11 is 0. The molecule has 0 saturated carbocycles. The fourth-order valence-electron chi connectivity index (χ4n) is 2.70. The minimum Gasteiger partial charge on any atom is -0.504 e. The van der Waals surface area contributed by atoms with E-state index in [9.17, 15) is 9.90 Å². The van der Waals surface area contributed by atoms with E-state index in [0.29, 0.717) is 18.0 Å². The normalized spacial score (nSPS) is 15.3. The number of hydrogen-bond donors (Lipinski definition) is 3. The van der Waals surface area contributed by atoms with E-state index in [1.807, 2.05) is 33.8 Å². The number of carbonyl (C=O) groups excluding carboxylic acids is 1. The number of carbonyl (C=O) groups is 1. The highest BCUT2D eigenvalue weighted by Gasteiger charge is 2.33. The molecule has 0 spiro atoms. The molecule has 1 aliphatic heterocycles. The van der Waals surface area contributed by atoms with Crippen LogP contribution >= 0.6 is 0 Å². The lowest BCUT2D eigenvalue weighted by atomic mass is 10.0. The zero-order valence-electron chi connectivity index (χ0n) is 13.7. The van der Waals surface area contributed by atoms with Crippen LogP contribution in [0.25, 0.3) is 0 Å². The van der Waals surface area contributed by atoms with Crippen LogP contribution in [0.4, 0.5) is 5.82 Å². The second-order valence-electron chi connectivity index (χ2n) is 6.81. The quantitative estimate of drug-likeness (QED) is 0.811. The maximum atomic E-state index is 12.4. The molecule has 0 saturated heterocycles. The van der Waals surface area contributed by atoms with Gasteiger partial charge in [-0.1, -0.05) is 19.9 Å². The molecule has 122 valence electrons. The highest BCUT2D eigenvalue weighted by atomic mass is 16.5. The van der Waals surface area contributed by atoms with Crippen molar-refractivity contribution < 1.29 is 14.6 Å². The van der Waals surface area contributed by atoms with Gasteiger partial charge in [-0.05, 0) is 25.8 Å². The summed E-state index contributed by atoms with van der Waals surface area (Å²) in [4.78, 5) is 12.4. The molecule has 1 amide bonds. The molecule has 6 nitrogen and oxygen atoms in total. The molecule has 0 radical (unpaired) electrons. The maximum Gasteiger partial charge on any atom is 0.260 e. The summed E-state index contributed by atoms with van der Waals surface area (Å²) in [5.74, 6) is 0.579. The van der Waals surface area contributed by atoms with E-state index in [0.717, 1.165) is 11.3 Å². The van der Waals surface area contributed by atoms with Crippen LogP contribution in [0, 0.1) is 0 Å². The number of fused-ring (bicyclic) bond motifs is 1. The van der Waals surface area contributed by atoms with Crippen molar-refractivity contribution in [3.63, 3.8) is 0 Å². The average Bonchev–Trinajstić information content (AvgIpc) is 3.02. The summed E-state index contributed by atoms with van der Waals surface area (Å²) in [6, 6.07) is 5.22. The van der Waals surface area contributed by atoms with Gasteiger partial charge in [0.15, 0.2) is 17.3 Å². The van der Waals surface area contributed by atoms with Crippen LogP contribution in [-0.4, -0.2) is 26.8 Å². The van der Waals surface area contributed by atoms with Gasteiger partial charge in [0, 0.05) is 23.7 Å². The summed E-state index contributed by atoms with van der Waals surface area (Å²) in [6.07, 6.45) is 0.703. The lowest BCUT2D eigenvalue weighted by molar-refractivity contribution is 0.102. The summed E-state index contributed by atoms with van der Waals surface area (Å²) in [6.45, 7) is 7.96. The van der Waals surface area contributed by atoms with Gasteiger partial charge in [0.2, 0.25) is 0 Å². The molecule has 2 aromatic rings. The second-order valence-corrected chi connectivity index (χ2v) is 6.81. The number of ether oxygens (including phenoxy) is 1. The second kappa shape index (κ2) is 5.30. The summed E-state index contributed by atoms with van der Waals surface area (Å²) < 4.78 is 5.75. The van der Waals surface area contributed by atoms with Crippen LogP contribution in [0.5, 0.6) is 11.5 Å². The van der Waals surface area contributed by atoms with Gasteiger partial charge >= 0.3 is 0 Å². The number of amides is 1. The van der Waals surface area contributed by atoms with Gasteiger partial charge in [-0.3, -0.25) is 9.89 Å². The molecule has 0 aliphatic carbocycles. The Bertz CT molecular complexity index is 762. The van der Waals surface area contributed by atoms with Crippen molar-refractivity contribution in [1.82, 2.24) is 10.2 Å². The number of aromatic nitrogens is 2. The molecule has 0 atom stereocenters. The number of benzene rings is 1. The molecule has 6 heteroatoms. The number of anilines is 1. The zero-order valence-corrected chi connectivity index (χ0v) is 13.7. The van der Waals surface area contributed by atoms with Crippen molar-refractivity contribution in [2.24, 2.45) is 0 Å². The fraction of sp³-hybridized carbons (Fsp3) is 0.412. The van der Waals surface area contributed by atoms with Gasteiger partial charge in [-0.15, -0.1) is 0 Å². The van der Waals surface area contributed by atoms with Crippen LogP contribution in [0.1, 0.15) is 55.2 Å². The monoisotopic (exact) mass is 315 g/mol. The fourth-order valence-corrected chi connectivity index (χ4v) is 2.70. The zero-order chi connectivity index (χ0) is 16.8. The molecule has 23 heavy (non-hydrogen) atoms. The number of nitrogens with zero attached hydrogens (tertiary/aromatic N) is 1. The Kier molecular flexibility index (Phi) is 3.55. The van der Waals surface area contributed by atoms with E-state index in [2.05, 4.69) is 15.5 Å². The number of nitrogens with one attached hydrogen (secondary N) is 2. The number of rotatable bonds is 3. The molecule has 3 rings (SSSR count). The van der Waals surface area contributed by atoms with Crippen molar-refractivity contribution in [2.45, 2.75) is 45.6 Å². The summed E-state index contributed by atoms with van der Waals surface area (Å²) in [7, 11) is 0. The predicted molar refractivity (Wildman–Crippen MR) is 87.1 cm³/mol. The number of aromatic hydroxyl groups is 1. The predicted octanol–water partition coefficient (Wildman–Crippen LogP) is 3.20. The Morgan fingerprint density at radius 2 is 2.17 bits per heavy atom. The van der Waals surface area contributed by atoms with Gasteiger partial charge in [0.1, 0.15) is 5.60 Å². The van der Waals surface area contributed by atoms with E-state index in [1.54, 1.807) is 12.1 Å². The van der Waals surface area contributed by atoms with Crippen molar-refractivity contribution in [1.29, 1.82) is 0 Å². The molecule has 0 fully saturated rings. The lowest BCUT2D eigenvalue weighted by Crippen LogP contribution is -2.24. The first-order valence-corrected chi connectivity index (χ1v) is 7.67. The van der Waals surface area contributed by atoms with Gasteiger partial charge in [0.25, 0.3) is 5.91 Å². The third-order valence-corrected chi connectivity index (χ3v) is 3.91. The third-order valence-electron chi connectivity index (χ3n) is 3.91. The maximum absolute atomic E-state index is 12.4. The Morgan fingerprint density at radius 3 is 2.83 bits per heavy atom. The van der Waals surface area contributed by atoms with E-state index >= 15 is 0 Å². The first-order valence-electron chi connectivity index (χ1n) is 7.67. The number of phenols is 1. The Hall–Kier alpha value is -2.50. The molecule has 0 unspecified atom stereocenters. The molecular formula is C17H21N3O3. The van der Waals surface area contributed by atoms with Crippen LogP contribution < -0.4 is 10.1 Å².